The third kappa shape index (κ3) is 3.18. The largest absolute Gasteiger partial charge is 0.367 e. The molecule has 2 N–H and O–H groups in total. The van der Waals surface area contributed by atoms with Crippen molar-refractivity contribution in [3.8, 4) is 0 Å². The predicted octanol–water partition coefficient (Wildman–Crippen LogP) is 1.34. The summed E-state index contributed by atoms with van der Waals surface area (Å²) in [6.45, 7) is 1.50. The Morgan fingerprint density at radius 1 is 1.25 bits per heavy atom. The SMILES string of the molecule is O=C(NC1CN(c2ccccc2)C1)c1cnc(CC2CC2)[nH]c1=O. The monoisotopic (exact) mass is 324 g/mol. The Morgan fingerprint density at radius 2 is 2.00 bits per heavy atom. The van der Waals surface area contributed by atoms with Gasteiger partial charge in [-0.05, 0) is 30.9 Å². The summed E-state index contributed by atoms with van der Waals surface area (Å²) in [7, 11) is 0. The Bertz CT molecular complexity index is 792. The molecule has 6 nitrogen and oxygen atoms in total. The van der Waals surface area contributed by atoms with Crippen molar-refractivity contribution in [1.29, 1.82) is 0 Å². The van der Waals surface area contributed by atoms with Crippen LogP contribution in [0.5, 0.6) is 0 Å². The molecule has 2 aromatic rings. The van der Waals surface area contributed by atoms with Gasteiger partial charge < -0.3 is 15.2 Å². The van der Waals surface area contributed by atoms with Crippen molar-refractivity contribution in [2.45, 2.75) is 25.3 Å². The molecule has 1 saturated heterocycles. The van der Waals surface area contributed by atoms with Crippen LogP contribution >= 0.6 is 0 Å². The maximum absolute atomic E-state index is 12.3. The van der Waals surface area contributed by atoms with Crippen LogP contribution in [0, 0.1) is 5.92 Å². The lowest BCUT2D eigenvalue weighted by atomic mass is 10.1. The van der Waals surface area contributed by atoms with Crippen molar-refractivity contribution >= 4 is 11.6 Å². The van der Waals surface area contributed by atoms with Gasteiger partial charge in [0.15, 0.2) is 0 Å². The van der Waals surface area contributed by atoms with Crippen LogP contribution in [0.4, 0.5) is 5.69 Å². The van der Waals surface area contributed by atoms with Crippen molar-refractivity contribution in [2.75, 3.05) is 18.0 Å². The number of amides is 1. The second kappa shape index (κ2) is 6.11. The normalized spacial score (nSPS) is 17.4. The number of rotatable bonds is 5. The smallest absolute Gasteiger partial charge is 0.263 e. The Labute approximate surface area is 139 Å². The number of hydrogen-bond acceptors (Lipinski definition) is 4. The maximum atomic E-state index is 12.3. The zero-order valence-corrected chi connectivity index (χ0v) is 13.4. The van der Waals surface area contributed by atoms with Gasteiger partial charge in [-0.3, -0.25) is 9.59 Å². The minimum Gasteiger partial charge on any atom is -0.367 e. The van der Waals surface area contributed by atoms with E-state index in [1.165, 1.54) is 19.0 Å². The van der Waals surface area contributed by atoms with Crippen LogP contribution in [0.25, 0.3) is 0 Å². The van der Waals surface area contributed by atoms with Gasteiger partial charge in [-0.25, -0.2) is 4.98 Å². The molecule has 0 unspecified atom stereocenters. The average Bonchev–Trinajstić information content (AvgIpc) is 3.35. The van der Waals surface area contributed by atoms with E-state index in [0.717, 1.165) is 25.2 Å². The number of hydrogen-bond donors (Lipinski definition) is 2. The fraction of sp³-hybridized carbons (Fsp3) is 0.389. The molecule has 6 heteroatoms. The van der Waals surface area contributed by atoms with Gasteiger partial charge in [0.25, 0.3) is 11.5 Å². The molecule has 24 heavy (non-hydrogen) atoms. The van der Waals surface area contributed by atoms with Crippen molar-refractivity contribution < 1.29 is 4.79 Å². The minimum absolute atomic E-state index is 0.0586. The number of carbonyl (C=O) groups excluding carboxylic acids is 1. The van der Waals surface area contributed by atoms with E-state index in [1.807, 2.05) is 30.3 Å². The van der Waals surface area contributed by atoms with E-state index in [1.54, 1.807) is 0 Å². The van der Waals surface area contributed by atoms with Gasteiger partial charge >= 0.3 is 0 Å². The number of carbonyl (C=O) groups is 1. The second-order valence-corrected chi connectivity index (χ2v) is 6.63. The number of aromatic amines is 1. The Hall–Kier alpha value is -2.63. The van der Waals surface area contributed by atoms with Crippen LogP contribution < -0.4 is 15.8 Å². The van der Waals surface area contributed by atoms with Crippen LogP contribution in [0.15, 0.2) is 41.3 Å². The third-order valence-corrected chi connectivity index (χ3v) is 4.61. The number of nitrogens with zero attached hydrogens (tertiary/aromatic N) is 2. The number of aromatic nitrogens is 2. The lowest BCUT2D eigenvalue weighted by molar-refractivity contribution is 0.0928. The molecule has 1 aliphatic carbocycles. The molecule has 2 fully saturated rings. The quantitative estimate of drug-likeness (QED) is 0.870. The molecule has 1 aliphatic heterocycles. The van der Waals surface area contributed by atoms with E-state index in [-0.39, 0.29) is 23.1 Å². The Morgan fingerprint density at radius 3 is 2.67 bits per heavy atom. The molecule has 1 aromatic carbocycles. The number of benzene rings is 1. The number of para-hydroxylation sites is 1. The molecule has 1 aromatic heterocycles. The van der Waals surface area contributed by atoms with Crippen LogP contribution in [0.2, 0.25) is 0 Å². The molecule has 0 bridgehead atoms. The van der Waals surface area contributed by atoms with E-state index in [4.69, 9.17) is 0 Å². The number of H-pyrrole nitrogens is 1. The van der Waals surface area contributed by atoms with Gasteiger partial charge in [-0.15, -0.1) is 0 Å². The van der Waals surface area contributed by atoms with Crippen molar-refractivity contribution in [3.63, 3.8) is 0 Å². The molecule has 2 heterocycles. The highest BCUT2D eigenvalue weighted by molar-refractivity contribution is 5.93. The molecule has 0 radical (unpaired) electrons. The van der Waals surface area contributed by atoms with Crippen LogP contribution in [-0.4, -0.2) is 35.0 Å². The summed E-state index contributed by atoms with van der Waals surface area (Å²) in [5.41, 5.74) is 0.886. The molecular weight excluding hydrogens is 304 g/mol. The third-order valence-electron chi connectivity index (χ3n) is 4.61. The molecule has 124 valence electrons. The van der Waals surface area contributed by atoms with E-state index < -0.39 is 0 Å². The Balaban J connectivity index is 1.34. The lowest BCUT2D eigenvalue weighted by Gasteiger charge is -2.41. The topological polar surface area (TPSA) is 78.1 Å². The van der Waals surface area contributed by atoms with Crippen molar-refractivity contribution in [2.24, 2.45) is 5.92 Å². The first kappa shape index (κ1) is 14.9. The van der Waals surface area contributed by atoms with Gasteiger partial charge in [-0.2, -0.15) is 0 Å². The number of anilines is 1. The predicted molar refractivity (Wildman–Crippen MR) is 91.2 cm³/mol. The van der Waals surface area contributed by atoms with E-state index in [0.29, 0.717) is 11.7 Å². The zero-order chi connectivity index (χ0) is 16.5. The fourth-order valence-corrected chi connectivity index (χ4v) is 2.98. The first-order valence-electron chi connectivity index (χ1n) is 8.38. The molecule has 2 aliphatic rings. The summed E-state index contributed by atoms with van der Waals surface area (Å²) in [5, 5.41) is 2.91. The van der Waals surface area contributed by atoms with E-state index in [9.17, 15) is 9.59 Å². The molecular formula is C18H20N4O2. The van der Waals surface area contributed by atoms with Gasteiger partial charge in [0.1, 0.15) is 11.4 Å². The maximum Gasteiger partial charge on any atom is 0.263 e. The summed E-state index contributed by atoms with van der Waals surface area (Å²) >= 11 is 0. The Kier molecular flexibility index (Phi) is 3.80. The molecule has 0 atom stereocenters. The molecule has 0 spiro atoms. The fourth-order valence-electron chi connectivity index (χ4n) is 2.98. The van der Waals surface area contributed by atoms with Gasteiger partial charge in [0.2, 0.25) is 0 Å². The highest BCUT2D eigenvalue weighted by Gasteiger charge is 2.29. The lowest BCUT2D eigenvalue weighted by Crippen LogP contribution is -2.59. The molecule has 4 rings (SSSR count). The highest BCUT2D eigenvalue weighted by atomic mass is 16.2. The summed E-state index contributed by atoms with van der Waals surface area (Å²) < 4.78 is 0. The molecule has 1 saturated carbocycles. The van der Waals surface area contributed by atoms with Crippen LogP contribution in [-0.2, 0) is 6.42 Å². The van der Waals surface area contributed by atoms with Gasteiger partial charge in [0.05, 0.1) is 6.04 Å². The van der Waals surface area contributed by atoms with E-state index in [2.05, 4.69) is 20.2 Å². The number of nitrogens with one attached hydrogen (secondary N) is 2. The van der Waals surface area contributed by atoms with Crippen molar-refractivity contribution in [1.82, 2.24) is 15.3 Å². The van der Waals surface area contributed by atoms with E-state index >= 15 is 0 Å². The van der Waals surface area contributed by atoms with Crippen molar-refractivity contribution in [3.05, 3.63) is 58.3 Å². The average molecular weight is 324 g/mol. The first-order chi connectivity index (χ1) is 11.7. The highest BCUT2D eigenvalue weighted by Crippen LogP contribution is 2.31. The summed E-state index contributed by atoms with van der Waals surface area (Å²) in [6.07, 6.45) is 4.60. The standard InChI is InChI=1S/C18H20N4O2/c23-17(15-9-19-16(21-18(15)24)8-12-6-7-12)20-13-10-22(11-13)14-4-2-1-3-5-14/h1-5,9,12-13H,6-8,10-11H2,(H,20,23)(H,19,21,24). The second-order valence-electron chi connectivity index (χ2n) is 6.63. The zero-order valence-electron chi connectivity index (χ0n) is 13.4. The molecule has 1 amide bonds. The van der Waals surface area contributed by atoms with Crippen LogP contribution in [0.3, 0.4) is 0 Å². The summed E-state index contributed by atoms with van der Waals surface area (Å²) in [4.78, 5) is 33.5. The van der Waals surface area contributed by atoms with Gasteiger partial charge in [0, 0.05) is 31.4 Å². The summed E-state index contributed by atoms with van der Waals surface area (Å²) in [6, 6.07) is 10.1. The van der Waals surface area contributed by atoms with Gasteiger partial charge in [-0.1, -0.05) is 18.2 Å². The minimum atomic E-state index is -0.350. The van der Waals surface area contributed by atoms with Crippen LogP contribution in [0.1, 0.15) is 29.0 Å². The summed E-state index contributed by atoms with van der Waals surface area (Å²) in [5.74, 6) is 0.976. The first-order valence-corrected chi connectivity index (χ1v) is 8.38.